The molecule has 1 saturated heterocycles. The molecule has 1 aromatic heterocycles. The van der Waals surface area contributed by atoms with Gasteiger partial charge in [-0.05, 0) is 80.6 Å². The van der Waals surface area contributed by atoms with Gasteiger partial charge in [-0.15, -0.1) is 0 Å². The maximum Gasteiger partial charge on any atom is 0.335 e. The van der Waals surface area contributed by atoms with Crippen molar-refractivity contribution in [1.29, 1.82) is 0 Å². The lowest BCUT2D eigenvalue weighted by molar-refractivity contribution is 0.0697. The van der Waals surface area contributed by atoms with Crippen molar-refractivity contribution in [3.63, 3.8) is 0 Å². The summed E-state index contributed by atoms with van der Waals surface area (Å²) in [6.07, 6.45) is 13.1. The number of rotatable bonds is 6. The fourth-order valence-corrected chi connectivity index (χ4v) is 7.61. The van der Waals surface area contributed by atoms with Crippen molar-refractivity contribution >= 4 is 22.4 Å². The van der Waals surface area contributed by atoms with Gasteiger partial charge in [-0.2, -0.15) is 0 Å². The SMILES string of the molecule is COC1C=CC2=C(C1)[C@H]1[C@@H](CCN1CCN(C)C)Cn1c2c(C2CCCCC2)c2ccc(C(=O)O)cc21. The molecule has 0 amide bonds. The first-order chi connectivity index (χ1) is 18.0. The summed E-state index contributed by atoms with van der Waals surface area (Å²) in [6, 6.07) is 6.27. The molecule has 1 N–H and O–H groups in total. The molecule has 6 nitrogen and oxygen atoms in total. The largest absolute Gasteiger partial charge is 0.478 e. The molecule has 1 aromatic carbocycles. The van der Waals surface area contributed by atoms with Crippen LogP contribution >= 0.6 is 0 Å². The number of likely N-dealkylation sites (tertiary alicyclic amines) is 1. The second kappa shape index (κ2) is 10.0. The molecule has 1 unspecified atom stereocenters. The van der Waals surface area contributed by atoms with Crippen LogP contribution in [0.5, 0.6) is 0 Å². The van der Waals surface area contributed by atoms with Crippen molar-refractivity contribution < 1.29 is 14.6 Å². The number of fused-ring (bicyclic) bond motifs is 6. The third-order valence-corrected chi connectivity index (χ3v) is 9.40. The molecule has 37 heavy (non-hydrogen) atoms. The lowest BCUT2D eigenvalue weighted by Gasteiger charge is -2.34. The minimum absolute atomic E-state index is 0.114. The Morgan fingerprint density at radius 2 is 1.97 bits per heavy atom. The minimum Gasteiger partial charge on any atom is -0.478 e. The van der Waals surface area contributed by atoms with Crippen LogP contribution in [-0.4, -0.2) is 78.4 Å². The number of carbonyl (C=O) groups is 1. The average Bonchev–Trinajstić information content (AvgIpc) is 3.42. The van der Waals surface area contributed by atoms with Gasteiger partial charge >= 0.3 is 5.97 Å². The van der Waals surface area contributed by atoms with E-state index in [1.165, 1.54) is 66.3 Å². The average molecular weight is 504 g/mol. The monoisotopic (exact) mass is 503 g/mol. The Hall–Kier alpha value is -2.41. The molecule has 0 spiro atoms. The van der Waals surface area contributed by atoms with E-state index in [0.717, 1.165) is 38.1 Å². The molecule has 2 aliphatic carbocycles. The van der Waals surface area contributed by atoms with Crippen LogP contribution in [-0.2, 0) is 11.3 Å². The lowest BCUT2D eigenvalue weighted by atomic mass is 9.79. The normalized spacial score (nSPS) is 26.4. The van der Waals surface area contributed by atoms with Gasteiger partial charge < -0.3 is 19.3 Å². The van der Waals surface area contributed by atoms with Crippen LogP contribution in [0.4, 0.5) is 0 Å². The van der Waals surface area contributed by atoms with Crippen LogP contribution in [0.25, 0.3) is 16.5 Å². The Bertz CT molecular complexity index is 1250. The summed E-state index contributed by atoms with van der Waals surface area (Å²) < 4.78 is 8.41. The molecule has 198 valence electrons. The van der Waals surface area contributed by atoms with E-state index in [9.17, 15) is 9.90 Å². The standard InChI is InChI=1S/C31H41N3O3/c1-32(2)15-16-33-14-13-22-19-34-27-17-21(31(35)36)9-11-25(27)28(20-7-5-4-6-8-20)30(34)24-12-10-23(37-3)18-26(24)29(22)33/h9-12,17,20,22-23,29H,4-8,13-16,18-19H2,1-3H3,(H,35,36)/t22-,23?,29+/m0/s1. The molecule has 6 rings (SSSR count). The highest BCUT2D eigenvalue weighted by Gasteiger charge is 2.43. The highest BCUT2D eigenvalue weighted by atomic mass is 16.5. The lowest BCUT2D eigenvalue weighted by Crippen LogP contribution is -2.40. The highest BCUT2D eigenvalue weighted by molar-refractivity contribution is 5.98. The molecular formula is C31H41N3O3. The number of benzene rings is 1. The van der Waals surface area contributed by atoms with Gasteiger partial charge in [-0.3, -0.25) is 4.90 Å². The van der Waals surface area contributed by atoms with Gasteiger partial charge in [0.25, 0.3) is 0 Å². The summed E-state index contributed by atoms with van der Waals surface area (Å²) in [5, 5.41) is 11.1. The first-order valence-electron chi connectivity index (χ1n) is 14.2. The first kappa shape index (κ1) is 24.9. The second-order valence-electron chi connectivity index (χ2n) is 11.9. The Morgan fingerprint density at radius 3 is 2.70 bits per heavy atom. The van der Waals surface area contributed by atoms with Crippen molar-refractivity contribution in [3.8, 4) is 0 Å². The van der Waals surface area contributed by atoms with Crippen molar-refractivity contribution in [1.82, 2.24) is 14.4 Å². The Morgan fingerprint density at radius 1 is 1.16 bits per heavy atom. The van der Waals surface area contributed by atoms with Gasteiger partial charge in [0.15, 0.2) is 0 Å². The van der Waals surface area contributed by atoms with Crippen LogP contribution in [0.15, 0.2) is 35.9 Å². The van der Waals surface area contributed by atoms with Gasteiger partial charge in [0.05, 0.1) is 17.4 Å². The van der Waals surface area contributed by atoms with Crippen LogP contribution in [0.3, 0.4) is 0 Å². The molecule has 2 fully saturated rings. The zero-order chi connectivity index (χ0) is 25.7. The van der Waals surface area contributed by atoms with Gasteiger partial charge in [-0.25, -0.2) is 4.79 Å². The van der Waals surface area contributed by atoms with Gasteiger partial charge in [0.2, 0.25) is 0 Å². The Labute approximate surface area is 220 Å². The summed E-state index contributed by atoms with van der Waals surface area (Å²) in [4.78, 5) is 17.0. The highest BCUT2D eigenvalue weighted by Crippen LogP contribution is 2.49. The third-order valence-electron chi connectivity index (χ3n) is 9.40. The fourth-order valence-electron chi connectivity index (χ4n) is 7.61. The number of allylic oxidation sites excluding steroid dienone is 2. The number of aromatic carboxylic acids is 1. The van der Waals surface area contributed by atoms with Crippen molar-refractivity contribution in [2.24, 2.45) is 5.92 Å². The minimum atomic E-state index is -0.848. The number of carboxylic acids is 1. The van der Waals surface area contributed by atoms with E-state index >= 15 is 0 Å². The van der Waals surface area contributed by atoms with Crippen molar-refractivity contribution in [3.05, 3.63) is 52.7 Å². The number of aromatic nitrogens is 1. The predicted octanol–water partition coefficient (Wildman–Crippen LogP) is 5.38. The molecule has 3 atom stereocenters. The van der Waals surface area contributed by atoms with Crippen molar-refractivity contribution in [2.45, 2.75) is 69.6 Å². The van der Waals surface area contributed by atoms with E-state index in [0.29, 0.717) is 23.4 Å². The van der Waals surface area contributed by atoms with Crippen LogP contribution in [0, 0.1) is 5.92 Å². The van der Waals surface area contributed by atoms with E-state index in [4.69, 9.17) is 4.74 Å². The van der Waals surface area contributed by atoms with Gasteiger partial charge in [0.1, 0.15) is 0 Å². The van der Waals surface area contributed by atoms with E-state index in [1.54, 1.807) is 0 Å². The predicted molar refractivity (Wildman–Crippen MR) is 148 cm³/mol. The third kappa shape index (κ3) is 4.37. The van der Waals surface area contributed by atoms with Gasteiger partial charge in [-0.1, -0.05) is 37.5 Å². The number of methoxy groups -OCH3 is 1. The van der Waals surface area contributed by atoms with E-state index in [-0.39, 0.29) is 6.10 Å². The van der Waals surface area contributed by atoms with E-state index in [2.05, 4.69) is 46.7 Å². The maximum atomic E-state index is 12.0. The summed E-state index contributed by atoms with van der Waals surface area (Å²) in [7, 11) is 6.14. The molecule has 6 heteroatoms. The van der Waals surface area contributed by atoms with Crippen LogP contribution in [0.2, 0.25) is 0 Å². The van der Waals surface area contributed by atoms with Crippen molar-refractivity contribution in [2.75, 3.05) is 40.8 Å². The smallest absolute Gasteiger partial charge is 0.335 e. The Balaban J connectivity index is 1.57. The molecule has 1 saturated carbocycles. The summed E-state index contributed by atoms with van der Waals surface area (Å²) in [5.41, 5.74) is 7.25. The maximum absolute atomic E-state index is 12.0. The number of carboxylic acid groups (broad SMARTS) is 1. The zero-order valence-corrected chi connectivity index (χ0v) is 22.6. The molecule has 2 aliphatic heterocycles. The fraction of sp³-hybridized carbons (Fsp3) is 0.581. The van der Waals surface area contributed by atoms with E-state index < -0.39 is 5.97 Å². The topological polar surface area (TPSA) is 57.9 Å². The summed E-state index contributed by atoms with van der Waals surface area (Å²) in [6.45, 7) is 4.19. The first-order valence-corrected chi connectivity index (χ1v) is 14.2. The second-order valence-corrected chi connectivity index (χ2v) is 11.9. The van der Waals surface area contributed by atoms with Crippen LogP contribution < -0.4 is 0 Å². The molecule has 3 heterocycles. The number of ether oxygens (including phenoxy) is 1. The quantitative estimate of drug-likeness (QED) is 0.574. The number of hydrogen-bond donors (Lipinski definition) is 1. The number of likely N-dealkylation sites (N-methyl/N-ethyl adjacent to an activating group) is 1. The molecular weight excluding hydrogens is 462 g/mol. The number of hydrogen-bond acceptors (Lipinski definition) is 4. The number of nitrogens with zero attached hydrogens (tertiary/aromatic N) is 3. The van der Waals surface area contributed by atoms with Gasteiger partial charge in [0, 0.05) is 50.1 Å². The molecule has 2 aromatic rings. The van der Waals surface area contributed by atoms with Crippen LogP contribution in [0.1, 0.15) is 72.5 Å². The molecule has 0 bridgehead atoms. The summed E-state index contributed by atoms with van der Waals surface area (Å²) in [5.74, 6) is 0.202. The Kier molecular flexibility index (Phi) is 6.76. The summed E-state index contributed by atoms with van der Waals surface area (Å²) >= 11 is 0. The van der Waals surface area contributed by atoms with E-state index in [1.807, 2.05) is 19.2 Å². The molecule has 0 radical (unpaired) electrons. The molecule has 4 aliphatic rings. The zero-order valence-electron chi connectivity index (χ0n) is 22.6.